The molecule has 8 heteroatoms. The van der Waals surface area contributed by atoms with Crippen LogP contribution in [0.5, 0.6) is 0 Å². The second kappa shape index (κ2) is 7.83. The molecule has 1 N–H and O–H groups in total. The van der Waals surface area contributed by atoms with Gasteiger partial charge in [0.1, 0.15) is 6.54 Å². The average Bonchev–Trinajstić information content (AvgIpc) is 2.67. The maximum absolute atomic E-state index is 13.0. The molecule has 8 nitrogen and oxygen atoms in total. The van der Waals surface area contributed by atoms with Crippen LogP contribution in [0, 0.1) is 11.8 Å². The Hall–Kier alpha value is -1.93. The fraction of sp³-hybridized carbons (Fsp3) is 0.750. The Morgan fingerprint density at radius 2 is 2.00 bits per heavy atom. The molecule has 1 aromatic heterocycles. The van der Waals surface area contributed by atoms with E-state index in [4.69, 9.17) is 0 Å². The van der Waals surface area contributed by atoms with Crippen molar-refractivity contribution in [2.24, 2.45) is 11.8 Å². The number of carbonyl (C=O) groups excluding carboxylic acids is 1. The number of aromatic nitrogens is 2. The highest BCUT2D eigenvalue weighted by Gasteiger charge is 2.47. The SMILES string of the molecule is CN(C)C[C@H]1[C@H]2C[C@H](CN(C(=O)Cn3ccc(=O)[nH]c3=O)C2)[C@@H]2CCCCN21. The number of aromatic amines is 1. The number of nitrogens with zero attached hydrogens (tertiary/aromatic N) is 4. The summed E-state index contributed by atoms with van der Waals surface area (Å²) in [6, 6.07) is 2.34. The highest BCUT2D eigenvalue weighted by molar-refractivity contribution is 5.76. The second-order valence-corrected chi connectivity index (χ2v) is 8.92. The van der Waals surface area contributed by atoms with Crippen molar-refractivity contribution in [3.63, 3.8) is 0 Å². The highest BCUT2D eigenvalue weighted by Crippen LogP contribution is 2.41. The molecule has 0 spiro atoms. The number of carbonyl (C=O) groups is 1. The van der Waals surface area contributed by atoms with E-state index in [-0.39, 0.29) is 12.5 Å². The first kappa shape index (κ1) is 19.4. The Balaban J connectivity index is 1.52. The van der Waals surface area contributed by atoms with Crippen molar-refractivity contribution in [2.45, 2.75) is 44.3 Å². The van der Waals surface area contributed by atoms with E-state index in [0.717, 1.165) is 19.6 Å². The standard InChI is InChI=1S/C20H31N5O3/c1-22(2)12-17-15-9-14(16-5-3-4-7-25(16)17)10-24(11-15)19(27)13-23-8-6-18(26)21-20(23)28/h6,8,14-17H,3-5,7,9-13H2,1-2H3,(H,21,26,28)/t14-,15+,16+,17+/m1/s1. The van der Waals surface area contributed by atoms with Crippen LogP contribution in [0.3, 0.4) is 0 Å². The summed E-state index contributed by atoms with van der Waals surface area (Å²) < 4.78 is 1.29. The van der Waals surface area contributed by atoms with Crippen molar-refractivity contribution in [2.75, 3.05) is 40.3 Å². The van der Waals surface area contributed by atoms with Gasteiger partial charge in [-0.3, -0.25) is 24.0 Å². The minimum absolute atomic E-state index is 0.0121. The Labute approximate surface area is 165 Å². The molecule has 0 saturated carbocycles. The Morgan fingerprint density at radius 3 is 2.75 bits per heavy atom. The van der Waals surface area contributed by atoms with E-state index < -0.39 is 11.2 Å². The van der Waals surface area contributed by atoms with Crippen LogP contribution in [-0.4, -0.2) is 82.5 Å². The predicted octanol–water partition coefficient (Wildman–Crippen LogP) is -0.200. The zero-order valence-electron chi connectivity index (χ0n) is 16.8. The van der Waals surface area contributed by atoms with Crippen LogP contribution in [0.15, 0.2) is 21.9 Å². The van der Waals surface area contributed by atoms with Crippen molar-refractivity contribution < 1.29 is 4.79 Å². The second-order valence-electron chi connectivity index (χ2n) is 8.92. The van der Waals surface area contributed by atoms with Crippen LogP contribution in [0.2, 0.25) is 0 Å². The molecule has 28 heavy (non-hydrogen) atoms. The summed E-state index contributed by atoms with van der Waals surface area (Å²) in [5.41, 5.74) is -0.966. The number of hydrogen-bond acceptors (Lipinski definition) is 5. The number of piperidine rings is 3. The number of nitrogens with one attached hydrogen (secondary N) is 1. The maximum Gasteiger partial charge on any atom is 0.328 e. The number of likely N-dealkylation sites (N-methyl/N-ethyl adjacent to an activating group) is 1. The molecule has 0 aliphatic carbocycles. The third kappa shape index (κ3) is 3.80. The van der Waals surface area contributed by atoms with Crippen molar-refractivity contribution in [3.05, 3.63) is 33.1 Å². The van der Waals surface area contributed by atoms with Gasteiger partial charge in [-0.1, -0.05) is 6.42 Å². The molecule has 3 fully saturated rings. The van der Waals surface area contributed by atoms with E-state index in [0.29, 0.717) is 23.9 Å². The molecule has 3 saturated heterocycles. The van der Waals surface area contributed by atoms with Crippen LogP contribution in [0.25, 0.3) is 0 Å². The van der Waals surface area contributed by atoms with Crippen LogP contribution in [0.4, 0.5) is 0 Å². The van der Waals surface area contributed by atoms with Gasteiger partial charge in [-0.25, -0.2) is 4.79 Å². The molecule has 0 radical (unpaired) electrons. The Bertz CT molecular complexity index is 832. The van der Waals surface area contributed by atoms with E-state index in [9.17, 15) is 14.4 Å². The van der Waals surface area contributed by atoms with Gasteiger partial charge in [0.05, 0.1) is 0 Å². The molecule has 4 rings (SSSR count). The lowest BCUT2D eigenvalue weighted by Crippen LogP contribution is -2.66. The van der Waals surface area contributed by atoms with Crippen molar-refractivity contribution in [1.29, 1.82) is 0 Å². The molecule has 4 atom stereocenters. The van der Waals surface area contributed by atoms with Gasteiger partial charge in [-0.2, -0.15) is 0 Å². The number of H-pyrrole nitrogens is 1. The third-order valence-corrected chi connectivity index (χ3v) is 6.73. The van der Waals surface area contributed by atoms with Gasteiger partial charge in [-0.05, 0) is 51.7 Å². The normalized spacial score (nSPS) is 30.3. The summed E-state index contributed by atoms with van der Waals surface area (Å²) in [7, 11) is 4.25. The van der Waals surface area contributed by atoms with Crippen LogP contribution < -0.4 is 11.2 Å². The van der Waals surface area contributed by atoms with Gasteiger partial charge >= 0.3 is 5.69 Å². The van der Waals surface area contributed by atoms with Gasteiger partial charge in [0, 0.05) is 44.0 Å². The summed E-state index contributed by atoms with van der Waals surface area (Å²) in [6.45, 7) is 3.73. The summed E-state index contributed by atoms with van der Waals surface area (Å²) >= 11 is 0. The Morgan fingerprint density at radius 1 is 1.21 bits per heavy atom. The minimum Gasteiger partial charge on any atom is -0.340 e. The first-order valence-electron chi connectivity index (χ1n) is 10.4. The maximum atomic E-state index is 13.0. The van der Waals surface area contributed by atoms with Crippen molar-refractivity contribution in [3.8, 4) is 0 Å². The molecule has 3 aliphatic rings. The van der Waals surface area contributed by atoms with Gasteiger partial charge < -0.3 is 9.80 Å². The van der Waals surface area contributed by atoms with E-state index in [1.165, 1.54) is 49.1 Å². The number of likely N-dealkylation sites (tertiary alicyclic amines) is 1. The van der Waals surface area contributed by atoms with E-state index in [1.807, 2.05) is 4.90 Å². The zero-order valence-corrected chi connectivity index (χ0v) is 16.8. The molecule has 1 amide bonds. The largest absolute Gasteiger partial charge is 0.340 e. The summed E-state index contributed by atoms with van der Waals surface area (Å²) in [5, 5.41) is 0. The van der Waals surface area contributed by atoms with Gasteiger partial charge in [-0.15, -0.1) is 0 Å². The predicted molar refractivity (Wildman–Crippen MR) is 106 cm³/mol. The number of fused-ring (bicyclic) bond motifs is 4. The topological polar surface area (TPSA) is 81.6 Å². The number of rotatable bonds is 4. The van der Waals surface area contributed by atoms with Crippen LogP contribution >= 0.6 is 0 Å². The van der Waals surface area contributed by atoms with E-state index in [1.54, 1.807) is 0 Å². The summed E-state index contributed by atoms with van der Waals surface area (Å²) in [4.78, 5) is 45.3. The smallest absolute Gasteiger partial charge is 0.328 e. The molecule has 4 heterocycles. The fourth-order valence-electron chi connectivity index (χ4n) is 5.55. The molecule has 1 aromatic rings. The fourth-order valence-corrected chi connectivity index (χ4v) is 5.55. The zero-order chi connectivity index (χ0) is 19.8. The molecule has 0 unspecified atom stereocenters. The number of amides is 1. The molecule has 3 aliphatic heterocycles. The minimum atomic E-state index is -0.526. The lowest BCUT2D eigenvalue weighted by molar-refractivity contribution is -0.142. The molecular formula is C20H31N5O3. The highest BCUT2D eigenvalue weighted by atomic mass is 16.2. The van der Waals surface area contributed by atoms with Crippen molar-refractivity contribution in [1.82, 2.24) is 24.3 Å². The molecule has 2 bridgehead atoms. The van der Waals surface area contributed by atoms with Gasteiger partial charge in [0.15, 0.2) is 0 Å². The van der Waals surface area contributed by atoms with Gasteiger partial charge in [0.25, 0.3) is 5.56 Å². The Kier molecular flexibility index (Phi) is 5.42. The van der Waals surface area contributed by atoms with E-state index in [2.05, 4.69) is 28.9 Å². The lowest BCUT2D eigenvalue weighted by Gasteiger charge is -2.57. The monoisotopic (exact) mass is 389 g/mol. The summed E-state index contributed by atoms with van der Waals surface area (Å²) in [5.74, 6) is 0.970. The number of hydrogen-bond donors (Lipinski definition) is 1. The third-order valence-electron chi connectivity index (χ3n) is 6.73. The van der Waals surface area contributed by atoms with E-state index >= 15 is 0 Å². The molecule has 0 aromatic carbocycles. The molecule has 154 valence electrons. The van der Waals surface area contributed by atoms with Crippen LogP contribution in [0.1, 0.15) is 25.7 Å². The first-order chi connectivity index (χ1) is 13.4. The lowest BCUT2D eigenvalue weighted by atomic mass is 9.72. The quantitative estimate of drug-likeness (QED) is 0.771. The van der Waals surface area contributed by atoms with Crippen LogP contribution in [-0.2, 0) is 11.3 Å². The average molecular weight is 390 g/mol. The molecular weight excluding hydrogens is 358 g/mol. The first-order valence-corrected chi connectivity index (χ1v) is 10.4. The van der Waals surface area contributed by atoms with Gasteiger partial charge in [0.2, 0.25) is 5.91 Å². The summed E-state index contributed by atoms with van der Waals surface area (Å²) in [6.07, 6.45) is 6.38. The van der Waals surface area contributed by atoms with Crippen molar-refractivity contribution >= 4 is 5.91 Å².